The van der Waals surface area contributed by atoms with Gasteiger partial charge in [0.05, 0.1) is 6.04 Å². The van der Waals surface area contributed by atoms with E-state index in [-0.39, 0.29) is 24.0 Å². The lowest BCUT2D eigenvalue weighted by Gasteiger charge is -2.32. The summed E-state index contributed by atoms with van der Waals surface area (Å²) in [6.45, 7) is 11.1. The summed E-state index contributed by atoms with van der Waals surface area (Å²) in [7, 11) is 0. The molecule has 31 heavy (non-hydrogen) atoms. The molecule has 166 valence electrons. The predicted octanol–water partition coefficient (Wildman–Crippen LogP) is 5.35. The van der Waals surface area contributed by atoms with Crippen LogP contribution in [0.25, 0.3) is 11.1 Å². The summed E-state index contributed by atoms with van der Waals surface area (Å²) in [4.78, 5) is 29.4. The van der Waals surface area contributed by atoms with E-state index in [0.717, 1.165) is 23.1 Å². The number of ether oxygens (including phenoxy) is 1. The maximum absolute atomic E-state index is 13.2. The van der Waals surface area contributed by atoms with E-state index in [2.05, 4.69) is 24.3 Å². The van der Waals surface area contributed by atoms with Crippen molar-refractivity contribution in [2.24, 2.45) is 5.92 Å². The van der Waals surface area contributed by atoms with Gasteiger partial charge in [-0.15, -0.1) is 0 Å². The molecule has 5 nitrogen and oxygen atoms in total. The Morgan fingerprint density at radius 1 is 1.06 bits per heavy atom. The normalized spacial score (nSPS) is 16.5. The first kappa shape index (κ1) is 22.9. The standard InChI is InChI=1S/C26H34N2O3/c1-19(2)24(29)28(22-15-16-27(18-22)25(30)31-26(3,4)5)17-21-13-9-10-14-23(21)20-11-7-6-8-12-20/h6-14,19,22H,15-18H2,1-5H3/t22-/m0/s1. The number of amides is 2. The summed E-state index contributed by atoms with van der Waals surface area (Å²) >= 11 is 0. The van der Waals surface area contributed by atoms with Crippen molar-refractivity contribution < 1.29 is 14.3 Å². The summed E-state index contributed by atoms with van der Waals surface area (Å²) in [6, 6.07) is 18.4. The van der Waals surface area contributed by atoms with Crippen LogP contribution in [0.15, 0.2) is 54.6 Å². The Kier molecular flexibility index (Phi) is 7.04. The van der Waals surface area contributed by atoms with Crippen molar-refractivity contribution in [3.8, 4) is 11.1 Å². The van der Waals surface area contributed by atoms with Crippen molar-refractivity contribution in [2.75, 3.05) is 13.1 Å². The van der Waals surface area contributed by atoms with Gasteiger partial charge in [-0.05, 0) is 43.9 Å². The highest BCUT2D eigenvalue weighted by Crippen LogP contribution is 2.28. The topological polar surface area (TPSA) is 49.9 Å². The van der Waals surface area contributed by atoms with Crippen molar-refractivity contribution in [1.82, 2.24) is 9.80 Å². The fourth-order valence-corrected chi connectivity index (χ4v) is 3.95. The van der Waals surface area contributed by atoms with Crippen LogP contribution in [0.4, 0.5) is 4.79 Å². The number of hydrogen-bond acceptors (Lipinski definition) is 3. The molecule has 0 aromatic heterocycles. The first-order valence-corrected chi connectivity index (χ1v) is 11.1. The molecule has 0 aliphatic carbocycles. The number of carbonyl (C=O) groups is 2. The molecule has 0 N–H and O–H groups in total. The lowest BCUT2D eigenvalue weighted by atomic mass is 9.98. The highest BCUT2D eigenvalue weighted by atomic mass is 16.6. The Morgan fingerprint density at radius 3 is 2.35 bits per heavy atom. The van der Waals surface area contributed by atoms with E-state index in [4.69, 9.17) is 4.74 Å². The van der Waals surface area contributed by atoms with Crippen molar-refractivity contribution in [3.05, 3.63) is 60.2 Å². The third-order valence-corrected chi connectivity index (χ3v) is 5.48. The molecule has 0 radical (unpaired) electrons. The molecule has 1 aliphatic rings. The summed E-state index contributed by atoms with van der Waals surface area (Å²) in [6.07, 6.45) is 0.446. The average Bonchev–Trinajstić information content (AvgIpc) is 3.21. The van der Waals surface area contributed by atoms with Gasteiger partial charge in [0.15, 0.2) is 0 Å². The molecule has 0 bridgehead atoms. The lowest BCUT2D eigenvalue weighted by Crippen LogP contribution is -2.44. The minimum absolute atomic E-state index is 0.0220. The van der Waals surface area contributed by atoms with Crippen LogP contribution < -0.4 is 0 Å². The van der Waals surface area contributed by atoms with Gasteiger partial charge in [-0.25, -0.2) is 4.79 Å². The summed E-state index contributed by atoms with van der Waals surface area (Å²) in [5.74, 6) is -0.00151. The van der Waals surface area contributed by atoms with E-state index in [0.29, 0.717) is 19.6 Å². The van der Waals surface area contributed by atoms with Gasteiger partial charge >= 0.3 is 6.09 Å². The fraction of sp³-hybridized carbons (Fsp3) is 0.462. The minimum atomic E-state index is -0.531. The van der Waals surface area contributed by atoms with Gasteiger partial charge in [-0.1, -0.05) is 68.4 Å². The zero-order chi connectivity index (χ0) is 22.6. The molecule has 3 rings (SSSR count). The van der Waals surface area contributed by atoms with Crippen LogP contribution >= 0.6 is 0 Å². The van der Waals surface area contributed by atoms with E-state index in [1.807, 2.05) is 69.9 Å². The number of carbonyl (C=O) groups excluding carboxylic acids is 2. The van der Waals surface area contributed by atoms with Crippen molar-refractivity contribution in [2.45, 2.75) is 59.2 Å². The average molecular weight is 423 g/mol. The van der Waals surface area contributed by atoms with E-state index >= 15 is 0 Å². The van der Waals surface area contributed by atoms with E-state index in [1.165, 1.54) is 0 Å². The van der Waals surface area contributed by atoms with Gasteiger partial charge in [-0.3, -0.25) is 4.79 Å². The molecule has 2 amide bonds. The quantitative estimate of drug-likeness (QED) is 0.653. The van der Waals surface area contributed by atoms with Crippen molar-refractivity contribution in [3.63, 3.8) is 0 Å². The SMILES string of the molecule is CC(C)C(=O)N(Cc1ccccc1-c1ccccc1)[C@H]1CCN(C(=O)OC(C)(C)C)C1. The second kappa shape index (κ2) is 9.54. The molecule has 1 fully saturated rings. The Bertz CT molecular complexity index is 902. The van der Waals surface area contributed by atoms with Crippen LogP contribution in [0, 0.1) is 5.92 Å². The number of likely N-dealkylation sites (tertiary alicyclic amines) is 1. The highest BCUT2D eigenvalue weighted by molar-refractivity contribution is 5.79. The monoisotopic (exact) mass is 422 g/mol. The second-order valence-electron chi connectivity index (χ2n) is 9.51. The van der Waals surface area contributed by atoms with Crippen LogP contribution in [-0.4, -0.2) is 46.5 Å². The smallest absolute Gasteiger partial charge is 0.410 e. The number of nitrogens with zero attached hydrogens (tertiary/aromatic N) is 2. The first-order chi connectivity index (χ1) is 14.7. The zero-order valence-electron chi connectivity index (χ0n) is 19.3. The molecule has 1 atom stereocenters. The summed E-state index contributed by atoms with van der Waals surface area (Å²) in [5, 5.41) is 0. The van der Waals surface area contributed by atoms with E-state index in [1.54, 1.807) is 4.90 Å². The molecule has 5 heteroatoms. The largest absolute Gasteiger partial charge is 0.444 e. The van der Waals surface area contributed by atoms with Gasteiger partial charge in [0, 0.05) is 25.6 Å². The highest BCUT2D eigenvalue weighted by Gasteiger charge is 2.35. The Labute approximate surface area is 186 Å². The Hall–Kier alpha value is -2.82. The van der Waals surface area contributed by atoms with Crippen LogP contribution in [0.3, 0.4) is 0 Å². The molecule has 1 heterocycles. The second-order valence-corrected chi connectivity index (χ2v) is 9.51. The molecular weight excluding hydrogens is 388 g/mol. The Balaban J connectivity index is 1.83. The third kappa shape index (κ3) is 5.87. The molecule has 2 aromatic carbocycles. The van der Waals surface area contributed by atoms with Crippen LogP contribution in [0.2, 0.25) is 0 Å². The molecule has 2 aromatic rings. The maximum Gasteiger partial charge on any atom is 0.410 e. The minimum Gasteiger partial charge on any atom is -0.444 e. The van der Waals surface area contributed by atoms with Gasteiger partial charge < -0.3 is 14.5 Å². The van der Waals surface area contributed by atoms with Gasteiger partial charge in [-0.2, -0.15) is 0 Å². The van der Waals surface area contributed by atoms with Gasteiger partial charge in [0.25, 0.3) is 0 Å². The van der Waals surface area contributed by atoms with E-state index < -0.39 is 5.60 Å². The zero-order valence-corrected chi connectivity index (χ0v) is 19.3. The van der Waals surface area contributed by atoms with Crippen LogP contribution in [-0.2, 0) is 16.1 Å². The third-order valence-electron chi connectivity index (χ3n) is 5.48. The lowest BCUT2D eigenvalue weighted by molar-refractivity contribution is -0.137. The Morgan fingerprint density at radius 2 is 1.71 bits per heavy atom. The number of hydrogen-bond donors (Lipinski definition) is 0. The van der Waals surface area contributed by atoms with Crippen LogP contribution in [0.1, 0.15) is 46.6 Å². The first-order valence-electron chi connectivity index (χ1n) is 11.1. The molecule has 0 spiro atoms. The van der Waals surface area contributed by atoms with Crippen molar-refractivity contribution >= 4 is 12.0 Å². The summed E-state index contributed by atoms with van der Waals surface area (Å²) < 4.78 is 5.54. The number of rotatable bonds is 5. The fourth-order valence-electron chi connectivity index (χ4n) is 3.95. The van der Waals surface area contributed by atoms with E-state index in [9.17, 15) is 9.59 Å². The molecule has 0 saturated carbocycles. The maximum atomic E-state index is 13.2. The molecular formula is C26H34N2O3. The van der Waals surface area contributed by atoms with Crippen molar-refractivity contribution in [1.29, 1.82) is 0 Å². The molecule has 1 aliphatic heterocycles. The predicted molar refractivity (Wildman–Crippen MR) is 123 cm³/mol. The number of benzene rings is 2. The molecule has 0 unspecified atom stereocenters. The molecule has 1 saturated heterocycles. The summed E-state index contributed by atoms with van der Waals surface area (Å²) in [5.41, 5.74) is 2.85. The van der Waals surface area contributed by atoms with Gasteiger partial charge in [0.2, 0.25) is 5.91 Å². The van der Waals surface area contributed by atoms with Gasteiger partial charge in [0.1, 0.15) is 5.60 Å². The van der Waals surface area contributed by atoms with Crippen LogP contribution in [0.5, 0.6) is 0 Å².